The molecule has 0 saturated heterocycles. The number of rotatable bonds is 7. The van der Waals surface area contributed by atoms with Crippen LogP contribution in [0.25, 0.3) is 0 Å². The smallest absolute Gasteiger partial charge is 0.252 e. The molecule has 4 rings (SSSR count). The van der Waals surface area contributed by atoms with Crippen molar-refractivity contribution in [2.24, 2.45) is 7.05 Å². The van der Waals surface area contributed by atoms with Crippen molar-refractivity contribution in [1.82, 2.24) is 20.1 Å². The Bertz CT molecular complexity index is 1110. The van der Waals surface area contributed by atoms with Crippen LogP contribution in [0.3, 0.4) is 0 Å². The van der Waals surface area contributed by atoms with Crippen LogP contribution in [0, 0.1) is 5.82 Å². The quantitative estimate of drug-likeness (QED) is 0.530. The van der Waals surface area contributed by atoms with Crippen LogP contribution in [-0.4, -0.2) is 32.3 Å². The SMILES string of the molecule is Cn1cnnc1SCC(=O)Nc1cccc(C(=O)NC2(c3ccc(F)cc3)CCCC2)c1. The summed E-state index contributed by atoms with van der Waals surface area (Å²) < 4.78 is 15.1. The molecule has 2 amide bonds. The first-order valence-corrected chi connectivity index (χ1v) is 11.4. The predicted molar refractivity (Wildman–Crippen MR) is 121 cm³/mol. The van der Waals surface area contributed by atoms with E-state index in [-0.39, 0.29) is 23.4 Å². The molecule has 9 heteroatoms. The third kappa shape index (κ3) is 4.99. The van der Waals surface area contributed by atoms with Gasteiger partial charge in [0.25, 0.3) is 5.91 Å². The number of hydrogen-bond acceptors (Lipinski definition) is 5. The normalized spacial score (nSPS) is 14.8. The number of nitrogens with one attached hydrogen (secondary N) is 2. The van der Waals surface area contributed by atoms with Crippen LogP contribution < -0.4 is 10.6 Å². The van der Waals surface area contributed by atoms with Gasteiger partial charge in [-0.15, -0.1) is 10.2 Å². The van der Waals surface area contributed by atoms with Gasteiger partial charge in [0, 0.05) is 18.3 Å². The molecule has 1 aromatic heterocycles. The van der Waals surface area contributed by atoms with Crippen molar-refractivity contribution < 1.29 is 14.0 Å². The van der Waals surface area contributed by atoms with Gasteiger partial charge in [-0.1, -0.05) is 42.8 Å². The molecular formula is C23H24FN5O2S. The fraction of sp³-hybridized carbons (Fsp3) is 0.304. The lowest BCUT2D eigenvalue weighted by Gasteiger charge is -2.31. The minimum absolute atomic E-state index is 0.177. The zero-order chi connectivity index (χ0) is 22.6. The molecule has 0 spiro atoms. The molecule has 0 bridgehead atoms. The molecule has 1 heterocycles. The van der Waals surface area contributed by atoms with Gasteiger partial charge >= 0.3 is 0 Å². The summed E-state index contributed by atoms with van der Waals surface area (Å²) in [4.78, 5) is 25.4. The minimum Gasteiger partial charge on any atom is -0.343 e. The molecule has 0 atom stereocenters. The van der Waals surface area contributed by atoms with Crippen LogP contribution in [0.15, 0.2) is 60.0 Å². The number of carbonyl (C=O) groups excluding carboxylic acids is 2. The molecule has 166 valence electrons. The summed E-state index contributed by atoms with van der Waals surface area (Å²) in [6.07, 6.45) is 5.18. The van der Waals surface area contributed by atoms with Gasteiger partial charge in [-0.05, 0) is 48.7 Å². The number of aryl methyl sites for hydroxylation is 1. The van der Waals surface area contributed by atoms with Crippen LogP contribution in [0.4, 0.5) is 10.1 Å². The fourth-order valence-corrected chi connectivity index (χ4v) is 4.68. The summed E-state index contributed by atoms with van der Waals surface area (Å²) in [6.45, 7) is 0. The molecule has 0 unspecified atom stereocenters. The third-order valence-electron chi connectivity index (χ3n) is 5.62. The first-order chi connectivity index (χ1) is 15.4. The van der Waals surface area contributed by atoms with Crippen LogP contribution >= 0.6 is 11.8 Å². The molecular weight excluding hydrogens is 429 g/mol. The van der Waals surface area contributed by atoms with E-state index < -0.39 is 5.54 Å². The Balaban J connectivity index is 1.42. The highest BCUT2D eigenvalue weighted by Gasteiger charge is 2.37. The fourth-order valence-electron chi connectivity index (χ4n) is 3.99. The highest BCUT2D eigenvalue weighted by Crippen LogP contribution is 2.39. The maximum Gasteiger partial charge on any atom is 0.252 e. The van der Waals surface area contributed by atoms with Crippen molar-refractivity contribution in [3.63, 3.8) is 0 Å². The Labute approximate surface area is 189 Å². The molecule has 2 aromatic carbocycles. The lowest BCUT2D eigenvalue weighted by molar-refractivity contribution is -0.113. The van der Waals surface area contributed by atoms with Gasteiger partial charge in [0.05, 0.1) is 11.3 Å². The number of hydrogen-bond donors (Lipinski definition) is 2. The van der Waals surface area contributed by atoms with Gasteiger partial charge in [0.2, 0.25) is 5.91 Å². The number of aromatic nitrogens is 3. The van der Waals surface area contributed by atoms with Gasteiger partial charge in [-0.3, -0.25) is 9.59 Å². The predicted octanol–water partition coefficient (Wildman–Crippen LogP) is 3.88. The number of carbonyl (C=O) groups is 2. The number of benzene rings is 2. The van der Waals surface area contributed by atoms with Crippen molar-refractivity contribution in [3.05, 3.63) is 71.8 Å². The lowest BCUT2D eigenvalue weighted by atomic mass is 9.87. The van der Waals surface area contributed by atoms with E-state index in [0.717, 1.165) is 31.2 Å². The van der Waals surface area contributed by atoms with E-state index in [4.69, 9.17) is 0 Å². The number of nitrogens with zero attached hydrogens (tertiary/aromatic N) is 3. The van der Waals surface area contributed by atoms with E-state index in [1.165, 1.54) is 23.9 Å². The molecule has 1 saturated carbocycles. The summed E-state index contributed by atoms with van der Waals surface area (Å²) in [5.41, 5.74) is 1.41. The maximum atomic E-state index is 13.4. The molecule has 0 radical (unpaired) electrons. The average molecular weight is 454 g/mol. The van der Waals surface area contributed by atoms with E-state index in [0.29, 0.717) is 16.4 Å². The first kappa shape index (κ1) is 22.0. The van der Waals surface area contributed by atoms with E-state index in [1.807, 2.05) is 7.05 Å². The van der Waals surface area contributed by atoms with Gasteiger partial charge in [0.15, 0.2) is 5.16 Å². The molecule has 1 aliphatic rings. The van der Waals surface area contributed by atoms with Gasteiger partial charge in [-0.2, -0.15) is 0 Å². The largest absolute Gasteiger partial charge is 0.343 e. The topological polar surface area (TPSA) is 88.9 Å². The highest BCUT2D eigenvalue weighted by molar-refractivity contribution is 7.99. The molecule has 32 heavy (non-hydrogen) atoms. The van der Waals surface area contributed by atoms with Crippen molar-refractivity contribution in [3.8, 4) is 0 Å². The summed E-state index contributed by atoms with van der Waals surface area (Å²) in [5.74, 6) is -0.541. The van der Waals surface area contributed by atoms with Crippen LogP contribution in [0.5, 0.6) is 0 Å². The van der Waals surface area contributed by atoms with Gasteiger partial charge in [0.1, 0.15) is 12.1 Å². The van der Waals surface area contributed by atoms with Crippen molar-refractivity contribution >= 4 is 29.3 Å². The van der Waals surface area contributed by atoms with E-state index in [9.17, 15) is 14.0 Å². The number of halogens is 1. The van der Waals surface area contributed by atoms with Crippen molar-refractivity contribution in [2.75, 3.05) is 11.1 Å². The number of thioether (sulfide) groups is 1. The maximum absolute atomic E-state index is 13.4. The average Bonchev–Trinajstić information content (AvgIpc) is 3.42. The Morgan fingerprint density at radius 3 is 2.59 bits per heavy atom. The highest BCUT2D eigenvalue weighted by atomic mass is 32.2. The molecule has 3 aromatic rings. The Hall–Kier alpha value is -3.20. The lowest BCUT2D eigenvalue weighted by Crippen LogP contribution is -2.43. The van der Waals surface area contributed by atoms with Gasteiger partial charge < -0.3 is 15.2 Å². The summed E-state index contributed by atoms with van der Waals surface area (Å²) in [5, 5.41) is 14.4. The minimum atomic E-state index is -0.503. The second kappa shape index (κ2) is 9.52. The molecule has 7 nitrogen and oxygen atoms in total. The monoisotopic (exact) mass is 453 g/mol. The Morgan fingerprint density at radius 1 is 1.16 bits per heavy atom. The van der Waals surface area contributed by atoms with E-state index in [1.54, 1.807) is 47.3 Å². The van der Waals surface area contributed by atoms with E-state index >= 15 is 0 Å². The number of anilines is 1. The van der Waals surface area contributed by atoms with Crippen LogP contribution in [0.2, 0.25) is 0 Å². The summed E-state index contributed by atoms with van der Waals surface area (Å²) in [7, 11) is 1.81. The zero-order valence-corrected chi connectivity index (χ0v) is 18.5. The number of amides is 2. The standard InChI is InChI=1S/C23H24FN5O2S/c1-29-15-25-28-22(29)32-14-20(30)26-19-6-4-5-16(13-19)21(31)27-23(11-2-3-12-23)17-7-9-18(24)10-8-17/h4-10,13,15H,2-3,11-12,14H2,1H3,(H,26,30)(H,27,31). The van der Waals surface area contributed by atoms with Crippen LogP contribution in [-0.2, 0) is 17.4 Å². The van der Waals surface area contributed by atoms with Gasteiger partial charge in [-0.25, -0.2) is 4.39 Å². The zero-order valence-electron chi connectivity index (χ0n) is 17.7. The van der Waals surface area contributed by atoms with Crippen molar-refractivity contribution in [1.29, 1.82) is 0 Å². The van der Waals surface area contributed by atoms with Crippen LogP contribution in [0.1, 0.15) is 41.6 Å². The Kier molecular flexibility index (Phi) is 6.55. The second-order valence-corrected chi connectivity index (χ2v) is 8.83. The molecule has 1 aliphatic carbocycles. The summed E-state index contributed by atoms with van der Waals surface area (Å²) >= 11 is 1.28. The third-order valence-corrected chi connectivity index (χ3v) is 6.65. The first-order valence-electron chi connectivity index (χ1n) is 10.4. The van der Waals surface area contributed by atoms with Crippen molar-refractivity contribution in [2.45, 2.75) is 36.4 Å². The molecule has 2 N–H and O–H groups in total. The molecule has 0 aliphatic heterocycles. The second-order valence-electron chi connectivity index (χ2n) is 7.89. The Morgan fingerprint density at radius 2 is 1.91 bits per heavy atom. The van der Waals surface area contributed by atoms with E-state index in [2.05, 4.69) is 20.8 Å². The molecule has 1 fully saturated rings. The summed E-state index contributed by atoms with van der Waals surface area (Å²) in [6, 6.07) is 13.2.